The molecule has 1 aliphatic rings. The first-order valence-electron chi connectivity index (χ1n) is 11.5. The van der Waals surface area contributed by atoms with E-state index in [2.05, 4.69) is 10.3 Å². The third kappa shape index (κ3) is 6.95. The molecule has 3 unspecified atom stereocenters. The van der Waals surface area contributed by atoms with Gasteiger partial charge in [0, 0.05) is 31.7 Å². The molecule has 1 aromatic carbocycles. The lowest BCUT2D eigenvalue weighted by atomic mass is 9.96. The molecule has 10 nitrogen and oxygen atoms in total. The number of benzene rings is 1. The monoisotopic (exact) mass is 619 g/mol. The summed E-state index contributed by atoms with van der Waals surface area (Å²) in [6, 6.07) is 2.04. The van der Waals surface area contributed by atoms with Crippen LogP contribution in [-0.4, -0.2) is 63.3 Å². The topological polar surface area (TPSA) is 119 Å². The van der Waals surface area contributed by atoms with Crippen molar-refractivity contribution in [1.29, 1.82) is 0 Å². The minimum absolute atomic E-state index is 0.0572. The van der Waals surface area contributed by atoms with Crippen molar-refractivity contribution in [3.8, 4) is 11.3 Å². The lowest BCUT2D eigenvalue weighted by molar-refractivity contribution is -0.212. The fourth-order valence-corrected chi connectivity index (χ4v) is 6.50. The van der Waals surface area contributed by atoms with Crippen LogP contribution in [0.15, 0.2) is 34.0 Å². The van der Waals surface area contributed by atoms with E-state index in [1.54, 1.807) is 11.4 Å². The summed E-state index contributed by atoms with van der Waals surface area (Å²) in [4.78, 5) is 35.9. The van der Waals surface area contributed by atoms with Gasteiger partial charge in [0.05, 0.1) is 15.4 Å². The largest absolute Gasteiger partial charge is 0.463 e. The van der Waals surface area contributed by atoms with Gasteiger partial charge in [0.1, 0.15) is 29.9 Å². The van der Waals surface area contributed by atoms with E-state index in [4.69, 9.17) is 30.5 Å². The molecular weight excluding hydrogens is 599 g/mol. The Hall–Kier alpha value is -3.14. The quantitative estimate of drug-likeness (QED) is 0.202. The Labute approximate surface area is 238 Å². The zero-order valence-corrected chi connectivity index (χ0v) is 23.4. The van der Waals surface area contributed by atoms with Crippen LogP contribution in [-0.2, 0) is 33.3 Å². The highest BCUT2D eigenvalue weighted by molar-refractivity contribution is 8.01. The molecule has 1 fully saturated rings. The number of nitrogens with zero attached hydrogens (tertiary/aromatic N) is 3. The van der Waals surface area contributed by atoms with E-state index in [1.165, 1.54) is 36.1 Å². The molecule has 0 aliphatic carbocycles. The summed E-state index contributed by atoms with van der Waals surface area (Å²) in [5.74, 6) is -6.56. The van der Waals surface area contributed by atoms with Crippen molar-refractivity contribution < 1.29 is 46.5 Å². The average Bonchev–Trinajstić information content (AvgIpc) is 3.51. The molecule has 0 amide bonds. The third-order valence-corrected chi connectivity index (χ3v) is 8.15. The Morgan fingerprint density at radius 1 is 1.05 bits per heavy atom. The fraction of sp³-hybridized carbons (Fsp3) is 0.375. The predicted octanol–water partition coefficient (Wildman–Crippen LogP) is 4.56. The summed E-state index contributed by atoms with van der Waals surface area (Å²) in [5.41, 5.74) is -1.14. The first kappa shape index (κ1) is 29.8. The van der Waals surface area contributed by atoms with Crippen LogP contribution < -0.4 is 0 Å². The number of hydrogen-bond donors (Lipinski definition) is 0. The van der Waals surface area contributed by atoms with Crippen LogP contribution in [0.3, 0.4) is 0 Å². The minimum Gasteiger partial charge on any atom is -0.463 e. The Morgan fingerprint density at radius 2 is 1.70 bits per heavy atom. The van der Waals surface area contributed by atoms with E-state index in [-0.39, 0.29) is 17.9 Å². The Bertz CT molecular complexity index is 1400. The van der Waals surface area contributed by atoms with Crippen LogP contribution in [0.1, 0.15) is 26.8 Å². The molecule has 0 bridgehead atoms. The number of thioether (sulfide) groups is 1. The fourth-order valence-electron chi connectivity index (χ4n) is 4.01. The van der Waals surface area contributed by atoms with Crippen molar-refractivity contribution in [1.82, 2.24) is 15.0 Å². The maximum atomic E-state index is 13.9. The summed E-state index contributed by atoms with van der Waals surface area (Å²) in [6.45, 7) is 3.16. The number of aromatic nitrogens is 3. The van der Waals surface area contributed by atoms with Crippen LogP contribution in [0.25, 0.3) is 11.3 Å². The van der Waals surface area contributed by atoms with Gasteiger partial charge in [-0.2, -0.15) is 0 Å². The molecular formula is C24H21ClF3N3O7S2. The summed E-state index contributed by atoms with van der Waals surface area (Å²) in [5, 5.41) is 10.1. The lowest BCUT2D eigenvalue weighted by Gasteiger charge is -2.44. The number of ether oxygens (including phenoxy) is 4. The van der Waals surface area contributed by atoms with Gasteiger partial charge in [-0.05, 0) is 18.2 Å². The molecule has 214 valence electrons. The molecule has 3 heterocycles. The van der Waals surface area contributed by atoms with Crippen molar-refractivity contribution in [3.63, 3.8) is 0 Å². The number of carbonyl (C=O) groups excluding carboxylic acids is 3. The summed E-state index contributed by atoms with van der Waals surface area (Å²) < 4.78 is 65.7. The SMILES string of the molecule is CC(=O)OCC1O[C@H](Sc2cc(Cl)cs2)C(OC(C)=O)C(n2cc(-c3cc(F)c(F)c(F)c3)nn2)[C@H]1OC(C)=O. The van der Waals surface area contributed by atoms with Gasteiger partial charge in [-0.1, -0.05) is 28.6 Å². The lowest BCUT2D eigenvalue weighted by Crippen LogP contribution is -2.57. The molecule has 3 aromatic rings. The molecule has 1 aliphatic heterocycles. The molecule has 5 atom stereocenters. The van der Waals surface area contributed by atoms with Crippen LogP contribution in [0.4, 0.5) is 13.2 Å². The molecule has 40 heavy (non-hydrogen) atoms. The zero-order chi connectivity index (χ0) is 29.1. The smallest absolute Gasteiger partial charge is 0.303 e. The van der Waals surface area contributed by atoms with Gasteiger partial charge in [-0.15, -0.1) is 16.4 Å². The summed E-state index contributed by atoms with van der Waals surface area (Å²) >= 11 is 8.52. The van der Waals surface area contributed by atoms with E-state index in [0.717, 1.165) is 30.8 Å². The number of halogens is 4. The molecule has 0 spiro atoms. The Morgan fingerprint density at radius 3 is 2.27 bits per heavy atom. The van der Waals surface area contributed by atoms with Gasteiger partial charge in [-0.3, -0.25) is 14.4 Å². The van der Waals surface area contributed by atoms with Crippen molar-refractivity contribution in [2.75, 3.05) is 6.61 Å². The summed E-state index contributed by atoms with van der Waals surface area (Å²) in [7, 11) is 0. The van der Waals surface area contributed by atoms with E-state index in [0.29, 0.717) is 9.23 Å². The molecule has 4 rings (SSSR count). The van der Waals surface area contributed by atoms with E-state index >= 15 is 0 Å². The highest BCUT2D eigenvalue weighted by Gasteiger charge is 2.52. The predicted molar refractivity (Wildman–Crippen MR) is 136 cm³/mol. The third-order valence-electron chi connectivity index (χ3n) is 5.54. The molecule has 16 heteroatoms. The van der Waals surface area contributed by atoms with Gasteiger partial charge < -0.3 is 18.9 Å². The van der Waals surface area contributed by atoms with Crippen molar-refractivity contribution in [3.05, 3.63) is 52.3 Å². The maximum absolute atomic E-state index is 13.9. The Kier molecular flexibility index (Phi) is 9.38. The van der Waals surface area contributed by atoms with Gasteiger partial charge in [-0.25, -0.2) is 17.9 Å². The maximum Gasteiger partial charge on any atom is 0.303 e. The van der Waals surface area contributed by atoms with Crippen LogP contribution in [0, 0.1) is 17.5 Å². The van der Waals surface area contributed by atoms with Crippen LogP contribution in [0.5, 0.6) is 0 Å². The molecule has 0 saturated carbocycles. The number of esters is 3. The second-order valence-electron chi connectivity index (χ2n) is 8.52. The standard InChI is InChI=1S/C24H21ClF3N3O7S2/c1-10(32)35-8-18-22(36-11(2)33)21(23(37-12(3)34)24(38-18)40-19-6-14(25)9-39-19)31-7-17(29-30-31)13-4-15(26)20(28)16(27)5-13/h4-7,9,18,21-24H,8H2,1-3H3/t18?,21?,22-,23?,24+/m0/s1. The van der Waals surface area contributed by atoms with Crippen molar-refractivity contribution >= 4 is 52.6 Å². The highest BCUT2D eigenvalue weighted by Crippen LogP contribution is 2.43. The molecule has 0 radical (unpaired) electrons. The minimum atomic E-state index is -1.65. The van der Waals surface area contributed by atoms with Gasteiger partial charge in [0.25, 0.3) is 0 Å². The summed E-state index contributed by atoms with van der Waals surface area (Å²) in [6.07, 6.45) is -2.20. The van der Waals surface area contributed by atoms with Crippen molar-refractivity contribution in [2.24, 2.45) is 0 Å². The first-order chi connectivity index (χ1) is 18.9. The van der Waals surface area contributed by atoms with Crippen LogP contribution in [0.2, 0.25) is 5.02 Å². The molecule has 0 N–H and O–H groups in total. The molecule has 1 saturated heterocycles. The van der Waals surface area contributed by atoms with Crippen LogP contribution >= 0.6 is 34.7 Å². The number of rotatable bonds is 8. The van der Waals surface area contributed by atoms with Gasteiger partial charge in [0.15, 0.2) is 29.7 Å². The zero-order valence-electron chi connectivity index (χ0n) is 21.0. The first-order valence-corrected chi connectivity index (χ1v) is 13.7. The number of thiophene rings is 1. The van der Waals surface area contributed by atoms with Gasteiger partial charge in [0.2, 0.25) is 0 Å². The normalized spacial score (nSPS) is 22.5. The van der Waals surface area contributed by atoms with Crippen molar-refractivity contribution in [2.45, 2.75) is 54.8 Å². The van der Waals surface area contributed by atoms with Gasteiger partial charge >= 0.3 is 17.9 Å². The average molecular weight is 620 g/mol. The van der Waals surface area contributed by atoms with E-state index in [9.17, 15) is 27.6 Å². The van der Waals surface area contributed by atoms with E-state index in [1.807, 2.05) is 0 Å². The number of carbonyl (C=O) groups is 3. The highest BCUT2D eigenvalue weighted by atomic mass is 35.5. The van der Waals surface area contributed by atoms with E-state index < -0.39 is 65.1 Å². The number of hydrogen-bond acceptors (Lipinski definition) is 11. The Balaban J connectivity index is 1.80. The second-order valence-corrected chi connectivity index (χ2v) is 11.3. The second kappa shape index (κ2) is 12.6. The molecule has 2 aromatic heterocycles.